The molecule has 1 amide bonds. The molecule has 3 atom stereocenters. The van der Waals surface area contributed by atoms with Crippen LogP contribution >= 0.6 is 0 Å². The highest BCUT2D eigenvalue weighted by atomic mass is 16.5. The Balaban J connectivity index is 1.94. The van der Waals surface area contributed by atoms with Gasteiger partial charge in [-0.05, 0) is 31.0 Å². The Kier molecular flexibility index (Phi) is 5.90. The fourth-order valence-electron chi connectivity index (χ4n) is 3.72. The Bertz CT molecular complexity index is 863. The minimum atomic E-state index is -1.05. The molecule has 0 spiro atoms. The van der Waals surface area contributed by atoms with E-state index in [1.807, 2.05) is 36.4 Å². The molecule has 0 saturated heterocycles. The van der Waals surface area contributed by atoms with Gasteiger partial charge in [-0.15, -0.1) is 0 Å². The molecule has 0 aromatic heterocycles. The quantitative estimate of drug-likeness (QED) is 0.631. The van der Waals surface area contributed by atoms with Gasteiger partial charge in [0.1, 0.15) is 5.92 Å². The van der Waals surface area contributed by atoms with Gasteiger partial charge in [0.25, 0.3) is 5.91 Å². The van der Waals surface area contributed by atoms with E-state index in [-0.39, 0.29) is 18.2 Å². The Morgan fingerprint density at radius 2 is 1.71 bits per heavy atom. The van der Waals surface area contributed by atoms with E-state index in [0.717, 1.165) is 5.56 Å². The number of methoxy groups -OCH3 is 1. The van der Waals surface area contributed by atoms with Gasteiger partial charge in [-0.25, -0.2) is 5.43 Å². The Morgan fingerprint density at radius 1 is 1.11 bits per heavy atom. The van der Waals surface area contributed by atoms with Crippen molar-refractivity contribution >= 4 is 17.6 Å². The minimum Gasteiger partial charge on any atom is -0.468 e. The molecule has 28 heavy (non-hydrogen) atoms. The van der Waals surface area contributed by atoms with Crippen LogP contribution in [0.5, 0.6) is 0 Å². The summed E-state index contributed by atoms with van der Waals surface area (Å²) in [5.74, 6) is -1.79. The molecule has 146 valence electrons. The first-order valence-corrected chi connectivity index (χ1v) is 9.18. The van der Waals surface area contributed by atoms with Crippen molar-refractivity contribution in [2.24, 2.45) is 11.0 Å². The number of hydrogen-bond donors (Lipinski definition) is 2. The van der Waals surface area contributed by atoms with Crippen LogP contribution in [0.2, 0.25) is 0 Å². The number of benzene rings is 2. The summed E-state index contributed by atoms with van der Waals surface area (Å²) in [6.07, 6.45) is 0.563. The first-order chi connectivity index (χ1) is 13.4. The molecule has 0 bridgehead atoms. The predicted octanol–water partition coefficient (Wildman–Crippen LogP) is 2.89. The molecule has 1 saturated carbocycles. The fraction of sp³-hybridized carbons (Fsp3) is 0.318. The molecule has 1 aliphatic rings. The summed E-state index contributed by atoms with van der Waals surface area (Å²) in [6.45, 7) is 1.71. The summed E-state index contributed by atoms with van der Waals surface area (Å²) < 4.78 is 5.02. The number of carbonyl (C=O) groups excluding carboxylic acids is 2. The number of hydrogen-bond acceptors (Lipinski definition) is 5. The number of hydrazone groups is 1. The van der Waals surface area contributed by atoms with Gasteiger partial charge in [-0.1, -0.05) is 48.5 Å². The van der Waals surface area contributed by atoms with E-state index in [1.165, 1.54) is 7.11 Å². The maximum absolute atomic E-state index is 12.6. The van der Waals surface area contributed by atoms with Crippen LogP contribution in [0, 0.1) is 5.92 Å². The third kappa shape index (κ3) is 4.46. The smallest absolute Gasteiger partial charge is 0.315 e. The van der Waals surface area contributed by atoms with Crippen molar-refractivity contribution in [3.05, 3.63) is 71.8 Å². The van der Waals surface area contributed by atoms with E-state index in [2.05, 4.69) is 10.5 Å². The number of nitrogens with zero attached hydrogens (tertiary/aromatic N) is 1. The van der Waals surface area contributed by atoms with Crippen LogP contribution in [-0.2, 0) is 9.53 Å². The zero-order valence-electron chi connectivity index (χ0n) is 16.0. The van der Waals surface area contributed by atoms with E-state index in [0.29, 0.717) is 17.7 Å². The Morgan fingerprint density at radius 3 is 2.32 bits per heavy atom. The lowest BCUT2D eigenvalue weighted by Gasteiger charge is -2.39. The number of nitrogens with one attached hydrogen (secondary N) is 1. The molecule has 1 fully saturated rings. The zero-order chi connectivity index (χ0) is 20.1. The van der Waals surface area contributed by atoms with Gasteiger partial charge in [-0.2, -0.15) is 5.10 Å². The van der Waals surface area contributed by atoms with Crippen molar-refractivity contribution in [1.82, 2.24) is 5.43 Å². The highest BCUT2D eigenvalue weighted by molar-refractivity contribution is 6.05. The zero-order valence-corrected chi connectivity index (χ0v) is 16.0. The summed E-state index contributed by atoms with van der Waals surface area (Å²) >= 11 is 0. The molecule has 0 radical (unpaired) electrons. The third-order valence-corrected chi connectivity index (χ3v) is 5.00. The predicted molar refractivity (Wildman–Crippen MR) is 106 cm³/mol. The highest BCUT2D eigenvalue weighted by Crippen LogP contribution is 2.41. The van der Waals surface area contributed by atoms with E-state index < -0.39 is 17.5 Å². The van der Waals surface area contributed by atoms with Crippen LogP contribution in [0.25, 0.3) is 0 Å². The first kappa shape index (κ1) is 19.8. The second-order valence-electron chi connectivity index (χ2n) is 7.31. The molecule has 0 aliphatic heterocycles. The van der Waals surface area contributed by atoms with Crippen molar-refractivity contribution in [2.45, 2.75) is 31.3 Å². The number of carbonyl (C=O) groups is 2. The number of aliphatic hydroxyl groups is 1. The molecule has 0 unspecified atom stereocenters. The number of amides is 1. The van der Waals surface area contributed by atoms with Gasteiger partial charge in [-0.3, -0.25) is 9.59 Å². The average molecular weight is 380 g/mol. The summed E-state index contributed by atoms with van der Waals surface area (Å²) in [7, 11) is 1.33. The minimum absolute atomic E-state index is 0.172. The van der Waals surface area contributed by atoms with Gasteiger partial charge >= 0.3 is 5.97 Å². The second-order valence-corrected chi connectivity index (χ2v) is 7.31. The van der Waals surface area contributed by atoms with Gasteiger partial charge in [0.15, 0.2) is 0 Å². The van der Waals surface area contributed by atoms with Crippen molar-refractivity contribution in [1.29, 1.82) is 0 Å². The van der Waals surface area contributed by atoms with Crippen LogP contribution in [0.1, 0.15) is 41.6 Å². The summed E-state index contributed by atoms with van der Waals surface area (Å²) in [6, 6.07) is 18.2. The average Bonchev–Trinajstić information content (AvgIpc) is 2.71. The monoisotopic (exact) mass is 380 g/mol. The van der Waals surface area contributed by atoms with Crippen LogP contribution in [0.3, 0.4) is 0 Å². The third-order valence-electron chi connectivity index (χ3n) is 5.00. The molecule has 2 N–H and O–H groups in total. The molecule has 1 aliphatic carbocycles. The molecule has 3 rings (SSSR count). The Labute approximate surface area is 164 Å². The van der Waals surface area contributed by atoms with Crippen molar-refractivity contribution in [3.63, 3.8) is 0 Å². The first-order valence-electron chi connectivity index (χ1n) is 9.18. The maximum atomic E-state index is 12.6. The summed E-state index contributed by atoms with van der Waals surface area (Å²) in [5.41, 5.74) is 3.25. The van der Waals surface area contributed by atoms with E-state index >= 15 is 0 Å². The van der Waals surface area contributed by atoms with Crippen LogP contribution in [0.4, 0.5) is 0 Å². The SMILES string of the molecule is COC(=O)[C@@H]1/C(=N\NC(=O)c2ccccc2)C[C@@](C)(O)C[C@H]1c1ccccc1. The molecular formula is C22H24N2O4. The molecule has 0 heterocycles. The van der Waals surface area contributed by atoms with Crippen LogP contribution in [-0.4, -0.2) is 35.4 Å². The fourth-order valence-corrected chi connectivity index (χ4v) is 3.72. The molecule has 2 aromatic carbocycles. The summed E-state index contributed by atoms with van der Waals surface area (Å²) in [5, 5.41) is 15.0. The van der Waals surface area contributed by atoms with E-state index in [4.69, 9.17) is 4.74 Å². The Hall–Kier alpha value is -2.99. The maximum Gasteiger partial charge on any atom is 0.315 e. The van der Waals surface area contributed by atoms with Crippen molar-refractivity contribution < 1.29 is 19.4 Å². The topological polar surface area (TPSA) is 88.0 Å². The normalized spacial score (nSPS) is 25.9. The number of ether oxygens (including phenoxy) is 1. The molecule has 6 nitrogen and oxygen atoms in total. The van der Waals surface area contributed by atoms with Gasteiger partial charge in [0.05, 0.1) is 18.4 Å². The van der Waals surface area contributed by atoms with E-state index in [9.17, 15) is 14.7 Å². The van der Waals surface area contributed by atoms with Crippen molar-refractivity contribution in [3.8, 4) is 0 Å². The van der Waals surface area contributed by atoms with Crippen molar-refractivity contribution in [2.75, 3.05) is 7.11 Å². The number of rotatable bonds is 4. The van der Waals surface area contributed by atoms with Crippen LogP contribution < -0.4 is 5.43 Å². The van der Waals surface area contributed by atoms with Gasteiger partial charge in [0, 0.05) is 17.9 Å². The molecule has 6 heteroatoms. The number of esters is 1. The molecule has 2 aromatic rings. The standard InChI is InChI=1S/C22H24N2O4/c1-22(27)13-17(15-9-5-3-6-10-15)19(21(26)28-2)18(14-22)23-24-20(25)16-11-7-4-8-12-16/h3-12,17,19,27H,13-14H2,1-2H3,(H,24,25)/b23-18-/t17-,19-,22-/m0/s1. The lowest BCUT2D eigenvalue weighted by atomic mass is 9.68. The van der Waals surface area contributed by atoms with Gasteiger partial charge in [0.2, 0.25) is 0 Å². The van der Waals surface area contributed by atoms with E-state index in [1.54, 1.807) is 31.2 Å². The lowest BCUT2D eigenvalue weighted by molar-refractivity contribution is -0.144. The second kappa shape index (κ2) is 8.35. The van der Waals surface area contributed by atoms with Gasteiger partial charge < -0.3 is 9.84 Å². The largest absolute Gasteiger partial charge is 0.468 e. The summed E-state index contributed by atoms with van der Waals surface area (Å²) in [4.78, 5) is 24.9. The lowest BCUT2D eigenvalue weighted by Crippen LogP contribution is -2.46. The highest BCUT2D eigenvalue weighted by Gasteiger charge is 2.45. The molecular weight excluding hydrogens is 356 g/mol. The van der Waals surface area contributed by atoms with Crippen LogP contribution in [0.15, 0.2) is 65.8 Å².